The highest BCUT2D eigenvalue weighted by atomic mass is 16.3. The lowest BCUT2D eigenvalue weighted by atomic mass is 9.85. The maximum Gasteiger partial charge on any atom is 0.315 e. The van der Waals surface area contributed by atoms with Gasteiger partial charge in [-0.1, -0.05) is 12.1 Å². The van der Waals surface area contributed by atoms with E-state index in [1.54, 1.807) is 6.07 Å². The Balaban J connectivity index is 1.41. The van der Waals surface area contributed by atoms with Crippen LogP contribution in [0.3, 0.4) is 0 Å². The van der Waals surface area contributed by atoms with E-state index in [1.807, 2.05) is 12.1 Å². The van der Waals surface area contributed by atoms with E-state index in [0.29, 0.717) is 17.6 Å². The number of amides is 2. The minimum absolute atomic E-state index is 0.0386. The maximum atomic E-state index is 12.4. The summed E-state index contributed by atoms with van der Waals surface area (Å²) in [7, 11) is 0. The number of fused-ring (bicyclic) bond motifs is 3. The molecule has 0 heterocycles. The Labute approximate surface area is 136 Å². The SMILES string of the molecule is O=C(NC1CCc2c(O)cccc21)NC1C2CCC(C2)C1CO. The van der Waals surface area contributed by atoms with Gasteiger partial charge in [-0.3, -0.25) is 0 Å². The highest BCUT2D eigenvalue weighted by Gasteiger charge is 2.47. The number of urea groups is 1. The fraction of sp³-hybridized carbons (Fsp3) is 0.611. The van der Waals surface area contributed by atoms with Crippen molar-refractivity contribution in [2.24, 2.45) is 17.8 Å². The second-order valence-electron chi connectivity index (χ2n) is 7.26. The van der Waals surface area contributed by atoms with Crippen LogP contribution < -0.4 is 10.6 Å². The molecule has 23 heavy (non-hydrogen) atoms. The molecule has 3 aliphatic rings. The molecule has 4 rings (SSSR count). The van der Waals surface area contributed by atoms with Crippen molar-refractivity contribution < 1.29 is 15.0 Å². The van der Waals surface area contributed by atoms with Gasteiger partial charge < -0.3 is 20.8 Å². The van der Waals surface area contributed by atoms with Crippen LogP contribution in [0.4, 0.5) is 4.79 Å². The first-order valence-electron chi connectivity index (χ1n) is 8.66. The highest BCUT2D eigenvalue weighted by molar-refractivity contribution is 5.75. The highest BCUT2D eigenvalue weighted by Crippen LogP contribution is 2.48. The van der Waals surface area contributed by atoms with Crippen molar-refractivity contribution in [2.45, 2.75) is 44.2 Å². The van der Waals surface area contributed by atoms with Gasteiger partial charge >= 0.3 is 6.03 Å². The van der Waals surface area contributed by atoms with Gasteiger partial charge in [-0.15, -0.1) is 0 Å². The second-order valence-corrected chi connectivity index (χ2v) is 7.26. The summed E-state index contributed by atoms with van der Waals surface area (Å²) >= 11 is 0. The third-order valence-corrected chi connectivity index (χ3v) is 6.15. The largest absolute Gasteiger partial charge is 0.508 e. The Morgan fingerprint density at radius 1 is 1.17 bits per heavy atom. The molecule has 2 fully saturated rings. The molecule has 0 aromatic heterocycles. The molecule has 0 radical (unpaired) electrons. The van der Waals surface area contributed by atoms with Crippen LogP contribution in [0, 0.1) is 17.8 Å². The van der Waals surface area contributed by atoms with Crippen molar-refractivity contribution in [3.05, 3.63) is 29.3 Å². The number of carbonyl (C=O) groups excluding carboxylic acids is 1. The molecule has 5 heteroatoms. The first-order valence-corrected chi connectivity index (χ1v) is 8.66. The molecule has 0 spiro atoms. The zero-order valence-electron chi connectivity index (χ0n) is 13.2. The van der Waals surface area contributed by atoms with Gasteiger partial charge in [0.1, 0.15) is 5.75 Å². The molecule has 1 aromatic carbocycles. The number of benzene rings is 1. The van der Waals surface area contributed by atoms with Gasteiger partial charge in [-0.05, 0) is 61.1 Å². The van der Waals surface area contributed by atoms with Crippen molar-refractivity contribution in [1.29, 1.82) is 0 Å². The van der Waals surface area contributed by atoms with Gasteiger partial charge in [0.15, 0.2) is 0 Å². The summed E-state index contributed by atoms with van der Waals surface area (Å²) in [5.41, 5.74) is 1.97. The smallest absolute Gasteiger partial charge is 0.315 e. The van der Waals surface area contributed by atoms with E-state index in [-0.39, 0.29) is 30.6 Å². The van der Waals surface area contributed by atoms with Crippen LogP contribution in [-0.4, -0.2) is 28.9 Å². The van der Waals surface area contributed by atoms with E-state index in [9.17, 15) is 15.0 Å². The number of hydrogen-bond acceptors (Lipinski definition) is 3. The van der Waals surface area contributed by atoms with Crippen LogP contribution in [0.2, 0.25) is 0 Å². The molecule has 124 valence electrons. The lowest BCUT2D eigenvalue weighted by molar-refractivity contribution is 0.144. The second kappa shape index (κ2) is 5.71. The molecule has 0 saturated heterocycles. The summed E-state index contributed by atoms with van der Waals surface area (Å²) in [5.74, 6) is 1.61. The van der Waals surface area contributed by atoms with E-state index >= 15 is 0 Å². The fourth-order valence-corrected chi connectivity index (χ4v) is 5.03. The maximum absolute atomic E-state index is 12.4. The standard InChI is InChI=1S/C18H24N2O3/c21-9-14-10-4-5-11(8-10)17(14)20-18(23)19-15-7-6-13-12(15)2-1-3-16(13)22/h1-3,10-11,14-15,17,21-22H,4-9H2,(H2,19,20,23). The molecule has 4 N–H and O–H groups in total. The quantitative estimate of drug-likeness (QED) is 0.689. The molecule has 0 aliphatic heterocycles. The van der Waals surface area contributed by atoms with Gasteiger partial charge in [0.25, 0.3) is 0 Å². The van der Waals surface area contributed by atoms with E-state index in [4.69, 9.17) is 0 Å². The number of carbonyl (C=O) groups is 1. The lowest BCUT2D eigenvalue weighted by Crippen LogP contribution is -2.49. The monoisotopic (exact) mass is 316 g/mol. The van der Waals surface area contributed by atoms with E-state index in [2.05, 4.69) is 10.6 Å². The molecule has 2 saturated carbocycles. The number of aromatic hydroxyl groups is 1. The number of phenols is 1. The number of nitrogens with one attached hydrogen (secondary N) is 2. The Morgan fingerprint density at radius 3 is 2.83 bits per heavy atom. The van der Waals surface area contributed by atoms with Gasteiger partial charge in [0.05, 0.1) is 6.04 Å². The van der Waals surface area contributed by atoms with Crippen LogP contribution in [0.15, 0.2) is 18.2 Å². The molecule has 2 bridgehead atoms. The van der Waals surface area contributed by atoms with Crippen LogP contribution >= 0.6 is 0 Å². The normalized spacial score (nSPS) is 34.4. The molecular weight excluding hydrogens is 292 g/mol. The third-order valence-electron chi connectivity index (χ3n) is 6.15. The van der Waals surface area contributed by atoms with Crippen LogP contribution in [0.1, 0.15) is 42.9 Å². The Morgan fingerprint density at radius 2 is 2.00 bits per heavy atom. The molecule has 3 aliphatic carbocycles. The number of aliphatic hydroxyl groups is 1. The van der Waals surface area contributed by atoms with Crippen molar-refractivity contribution in [3.63, 3.8) is 0 Å². The number of phenolic OH excluding ortho intramolecular Hbond substituents is 1. The van der Waals surface area contributed by atoms with E-state index < -0.39 is 0 Å². The first-order chi connectivity index (χ1) is 11.2. The minimum Gasteiger partial charge on any atom is -0.508 e. The summed E-state index contributed by atoms with van der Waals surface area (Å²) in [6, 6.07) is 5.40. The van der Waals surface area contributed by atoms with Gasteiger partial charge in [-0.2, -0.15) is 0 Å². The Hall–Kier alpha value is -1.75. The van der Waals surface area contributed by atoms with Crippen LogP contribution in [0.25, 0.3) is 0 Å². The zero-order chi connectivity index (χ0) is 16.0. The number of aliphatic hydroxyl groups excluding tert-OH is 1. The van der Waals surface area contributed by atoms with Crippen molar-refractivity contribution in [2.75, 3.05) is 6.61 Å². The third kappa shape index (κ3) is 2.47. The Bertz CT molecular complexity index is 618. The molecular formula is C18H24N2O3. The average Bonchev–Trinajstić information content (AvgIpc) is 3.23. The summed E-state index contributed by atoms with van der Waals surface area (Å²) in [6.07, 6.45) is 5.09. The molecule has 1 aromatic rings. The number of rotatable bonds is 3. The van der Waals surface area contributed by atoms with Gasteiger partial charge in [0.2, 0.25) is 0 Å². The molecule has 5 unspecified atom stereocenters. The summed E-state index contributed by atoms with van der Waals surface area (Å²) in [4.78, 5) is 12.4. The summed E-state index contributed by atoms with van der Waals surface area (Å²) in [6.45, 7) is 0.159. The van der Waals surface area contributed by atoms with Crippen LogP contribution in [-0.2, 0) is 6.42 Å². The zero-order valence-corrected chi connectivity index (χ0v) is 13.2. The minimum atomic E-state index is -0.151. The van der Waals surface area contributed by atoms with Crippen molar-refractivity contribution >= 4 is 6.03 Å². The Kier molecular flexibility index (Phi) is 3.68. The van der Waals surface area contributed by atoms with E-state index in [0.717, 1.165) is 36.8 Å². The van der Waals surface area contributed by atoms with Crippen LogP contribution in [0.5, 0.6) is 5.75 Å². The summed E-state index contributed by atoms with van der Waals surface area (Å²) < 4.78 is 0. The molecule has 2 amide bonds. The fourth-order valence-electron chi connectivity index (χ4n) is 5.03. The predicted molar refractivity (Wildman–Crippen MR) is 86.0 cm³/mol. The van der Waals surface area contributed by atoms with Gasteiger partial charge in [-0.25, -0.2) is 4.79 Å². The van der Waals surface area contributed by atoms with Gasteiger partial charge in [0, 0.05) is 18.6 Å². The molecule has 5 atom stereocenters. The van der Waals surface area contributed by atoms with Crippen molar-refractivity contribution in [3.8, 4) is 5.75 Å². The summed E-state index contributed by atoms with van der Waals surface area (Å²) in [5, 5.41) is 25.7. The topological polar surface area (TPSA) is 81.6 Å². The lowest BCUT2D eigenvalue weighted by Gasteiger charge is -2.31. The number of hydrogen-bond donors (Lipinski definition) is 4. The first kappa shape index (κ1) is 14.8. The van der Waals surface area contributed by atoms with E-state index in [1.165, 1.54) is 6.42 Å². The average molecular weight is 316 g/mol. The molecule has 5 nitrogen and oxygen atoms in total. The predicted octanol–water partition coefficient (Wildman–Crippen LogP) is 2.09. The van der Waals surface area contributed by atoms with Crippen molar-refractivity contribution in [1.82, 2.24) is 10.6 Å².